The topological polar surface area (TPSA) is 52.8 Å². The van der Waals surface area contributed by atoms with Crippen LogP contribution in [0.2, 0.25) is 0 Å². The van der Waals surface area contributed by atoms with E-state index in [0.717, 1.165) is 33.2 Å². The lowest BCUT2D eigenvalue weighted by atomic mass is 9.40. The quantitative estimate of drug-likeness (QED) is 0.310. The molecule has 0 radical (unpaired) electrons. The minimum atomic E-state index is 0.0708. The average Bonchev–Trinajstić information content (AvgIpc) is 3.50. The van der Waals surface area contributed by atoms with E-state index >= 15 is 0 Å². The van der Waals surface area contributed by atoms with Gasteiger partial charge in [0.25, 0.3) is 6.71 Å². The summed E-state index contributed by atoms with van der Waals surface area (Å²) in [5.74, 6) is 1.02. The maximum atomic E-state index is 6.02. The molecule has 5 heterocycles. The molecule has 0 saturated heterocycles. The van der Waals surface area contributed by atoms with E-state index in [1.165, 1.54) is 22.1 Å². The van der Waals surface area contributed by atoms with E-state index < -0.39 is 0 Å². The number of ether oxygens (including phenoxy) is 1. The van der Waals surface area contributed by atoms with Crippen LogP contribution in [0, 0.1) is 0 Å². The predicted octanol–water partition coefficient (Wildman–Crippen LogP) is 5.26. The molecule has 0 aliphatic carbocycles. The second-order valence-electron chi connectivity index (χ2n) is 9.69. The highest BCUT2D eigenvalue weighted by Crippen LogP contribution is 2.34. The van der Waals surface area contributed by atoms with E-state index in [9.17, 15) is 0 Å². The lowest BCUT2D eigenvalue weighted by Gasteiger charge is -2.13. The van der Waals surface area contributed by atoms with Gasteiger partial charge in [-0.05, 0) is 53.6 Å². The van der Waals surface area contributed by atoms with Crippen molar-refractivity contribution in [1.29, 1.82) is 0 Å². The number of pyridine rings is 3. The third kappa shape index (κ3) is 3.46. The van der Waals surface area contributed by atoms with E-state index in [4.69, 9.17) is 14.7 Å². The molecule has 0 N–H and O–H groups in total. The van der Waals surface area contributed by atoms with Gasteiger partial charge in [0.15, 0.2) is 0 Å². The van der Waals surface area contributed by atoms with Crippen LogP contribution in [0.3, 0.4) is 0 Å². The molecule has 4 aromatic heterocycles. The number of hydrogen-bond donors (Lipinski definition) is 0. The maximum absolute atomic E-state index is 6.02. The van der Waals surface area contributed by atoms with Crippen LogP contribution in [0.1, 0.15) is 0 Å². The van der Waals surface area contributed by atoms with Crippen molar-refractivity contribution in [3.05, 3.63) is 128 Å². The van der Waals surface area contributed by atoms with Gasteiger partial charge in [0.2, 0.25) is 11.8 Å². The van der Waals surface area contributed by atoms with E-state index in [-0.39, 0.29) is 6.71 Å². The van der Waals surface area contributed by atoms with Crippen LogP contribution in [-0.4, -0.2) is 26.2 Å². The molecule has 0 amide bonds. The monoisotopic (exact) mass is 500 g/mol. The fourth-order valence-corrected chi connectivity index (χ4v) is 5.86. The Hall–Kier alpha value is -5.23. The van der Waals surface area contributed by atoms with Crippen molar-refractivity contribution < 1.29 is 4.74 Å². The first kappa shape index (κ1) is 21.8. The van der Waals surface area contributed by atoms with Crippen LogP contribution in [0.4, 0.5) is 0 Å². The summed E-state index contributed by atoms with van der Waals surface area (Å²) in [5, 5.41) is 2.22. The Morgan fingerprint density at radius 3 is 2.26 bits per heavy atom. The van der Waals surface area contributed by atoms with Crippen LogP contribution >= 0.6 is 0 Å². The molecule has 5 nitrogen and oxygen atoms in total. The van der Waals surface area contributed by atoms with Crippen LogP contribution < -0.4 is 21.3 Å². The van der Waals surface area contributed by atoms with Crippen molar-refractivity contribution in [1.82, 2.24) is 19.5 Å². The molecule has 39 heavy (non-hydrogen) atoms. The molecule has 0 spiro atoms. The minimum Gasteiger partial charge on any atom is -0.421 e. The minimum absolute atomic E-state index is 0.0708. The first-order valence-corrected chi connectivity index (χ1v) is 13.0. The van der Waals surface area contributed by atoms with Gasteiger partial charge >= 0.3 is 0 Å². The van der Waals surface area contributed by atoms with Gasteiger partial charge in [-0.15, -0.1) is 0 Å². The van der Waals surface area contributed by atoms with Crippen molar-refractivity contribution in [2.24, 2.45) is 0 Å². The maximum Gasteiger partial charge on any atom is 0.266 e. The molecule has 1 aliphatic rings. The third-order valence-electron chi connectivity index (χ3n) is 7.49. The second-order valence-corrected chi connectivity index (χ2v) is 9.69. The molecular formula is C33H21BN4O. The number of aromatic nitrogens is 4. The van der Waals surface area contributed by atoms with Gasteiger partial charge < -0.3 is 4.74 Å². The smallest absolute Gasteiger partial charge is 0.266 e. The fraction of sp³-hybridized carbons (Fsp3) is 0. The Morgan fingerprint density at radius 2 is 1.38 bits per heavy atom. The molecule has 8 rings (SSSR count). The van der Waals surface area contributed by atoms with Crippen molar-refractivity contribution in [2.75, 3.05) is 0 Å². The molecule has 7 aromatic rings. The number of para-hydroxylation sites is 1. The van der Waals surface area contributed by atoms with Crippen molar-refractivity contribution in [2.45, 2.75) is 0 Å². The molecule has 0 saturated carbocycles. The number of benzene rings is 3. The Labute approximate surface area is 225 Å². The Morgan fingerprint density at radius 1 is 0.590 bits per heavy atom. The number of rotatable bonds is 4. The van der Waals surface area contributed by atoms with E-state index in [0.29, 0.717) is 11.8 Å². The predicted molar refractivity (Wildman–Crippen MR) is 157 cm³/mol. The Bertz CT molecular complexity index is 2000. The van der Waals surface area contributed by atoms with Gasteiger partial charge in [-0.2, -0.15) is 4.98 Å². The molecule has 0 fully saturated rings. The number of fused-ring (bicyclic) bond motifs is 6. The summed E-state index contributed by atoms with van der Waals surface area (Å²) in [4.78, 5) is 14.0. The van der Waals surface area contributed by atoms with E-state index in [1.807, 2.05) is 36.5 Å². The molecule has 0 atom stereocenters. The molecule has 1 aliphatic heterocycles. The molecular weight excluding hydrogens is 479 g/mol. The fourth-order valence-electron chi connectivity index (χ4n) is 5.86. The highest BCUT2D eigenvalue weighted by Gasteiger charge is 2.34. The summed E-state index contributed by atoms with van der Waals surface area (Å²) < 4.78 is 8.25. The average molecular weight is 500 g/mol. The summed E-state index contributed by atoms with van der Waals surface area (Å²) in [6, 6.07) is 39.6. The number of hydrogen-bond acceptors (Lipinski definition) is 4. The standard InChI is InChI=1S/C33H21BN4O/c1-3-11-27-23(9-1)24-16-15-22(21-28(24)34(27)30-13-5-7-19-35-30)38-29-12-4-2-10-25(29)26-17-18-32(37-33(26)38)39-31-14-6-8-20-36-31/h1-21H. The van der Waals surface area contributed by atoms with Gasteiger partial charge in [-0.3, -0.25) is 9.55 Å². The summed E-state index contributed by atoms with van der Waals surface area (Å²) in [6.07, 6.45) is 3.59. The van der Waals surface area contributed by atoms with Gasteiger partial charge in [-0.1, -0.05) is 71.6 Å². The third-order valence-corrected chi connectivity index (χ3v) is 7.49. The Kier molecular flexibility index (Phi) is 4.85. The van der Waals surface area contributed by atoms with Gasteiger partial charge in [0.05, 0.1) is 5.52 Å². The lowest BCUT2D eigenvalue weighted by molar-refractivity contribution is 0.446. The summed E-state index contributed by atoms with van der Waals surface area (Å²) in [6.45, 7) is 0.0708. The normalized spacial score (nSPS) is 12.1. The molecule has 6 heteroatoms. The Balaban J connectivity index is 1.35. The molecule has 3 aromatic carbocycles. The van der Waals surface area contributed by atoms with Crippen LogP contribution in [0.25, 0.3) is 38.8 Å². The number of nitrogens with zero attached hydrogens (tertiary/aromatic N) is 4. The van der Waals surface area contributed by atoms with Crippen LogP contribution in [-0.2, 0) is 0 Å². The van der Waals surface area contributed by atoms with Gasteiger partial charge in [0, 0.05) is 46.6 Å². The van der Waals surface area contributed by atoms with Crippen LogP contribution in [0.5, 0.6) is 11.8 Å². The largest absolute Gasteiger partial charge is 0.421 e. The van der Waals surface area contributed by atoms with Gasteiger partial charge in [0.1, 0.15) is 5.65 Å². The highest BCUT2D eigenvalue weighted by atomic mass is 16.5. The molecule has 0 unspecified atom stereocenters. The van der Waals surface area contributed by atoms with Gasteiger partial charge in [-0.25, -0.2) is 4.98 Å². The van der Waals surface area contributed by atoms with Crippen molar-refractivity contribution in [3.8, 4) is 28.6 Å². The second kappa shape index (κ2) is 8.67. The lowest BCUT2D eigenvalue weighted by Crippen LogP contribution is -2.50. The zero-order valence-electron chi connectivity index (χ0n) is 20.9. The molecule has 182 valence electrons. The SMILES string of the molecule is c1ccc(Oc2ccc3c4ccccc4n(-c4ccc5c(c4)B(c4ccccn4)c4ccccc4-5)c3n2)nc1. The van der Waals surface area contributed by atoms with Crippen molar-refractivity contribution in [3.63, 3.8) is 0 Å². The summed E-state index contributed by atoms with van der Waals surface area (Å²) >= 11 is 0. The van der Waals surface area contributed by atoms with Crippen LogP contribution in [0.15, 0.2) is 128 Å². The summed E-state index contributed by atoms with van der Waals surface area (Å²) in [7, 11) is 0. The first-order valence-electron chi connectivity index (χ1n) is 13.0. The molecule has 0 bridgehead atoms. The first-order chi connectivity index (χ1) is 19.3. The van der Waals surface area contributed by atoms with E-state index in [1.54, 1.807) is 6.20 Å². The highest BCUT2D eigenvalue weighted by molar-refractivity contribution is 6.98. The zero-order valence-corrected chi connectivity index (χ0v) is 20.9. The zero-order chi connectivity index (χ0) is 25.8. The summed E-state index contributed by atoms with van der Waals surface area (Å²) in [5.41, 5.74) is 9.09. The van der Waals surface area contributed by atoms with Crippen molar-refractivity contribution >= 4 is 45.2 Å². The van der Waals surface area contributed by atoms with E-state index in [2.05, 4.69) is 94.5 Å².